The summed E-state index contributed by atoms with van der Waals surface area (Å²) in [5.41, 5.74) is 16.4. The highest BCUT2D eigenvalue weighted by molar-refractivity contribution is 6.71. The van der Waals surface area contributed by atoms with E-state index in [2.05, 4.69) is 10.6 Å². The molecule has 314 valence electrons. The van der Waals surface area contributed by atoms with Crippen molar-refractivity contribution in [3.05, 3.63) is 149 Å². The molecule has 3 heterocycles. The quantitative estimate of drug-likeness (QED) is 0.0717. The van der Waals surface area contributed by atoms with Crippen LogP contribution in [-0.4, -0.2) is 65.5 Å². The molecule has 0 unspecified atom stereocenters. The van der Waals surface area contributed by atoms with E-state index in [1.54, 1.807) is 102 Å². The molecular formula is C47H50N6O7Si. The topological polar surface area (TPSA) is 201 Å². The van der Waals surface area contributed by atoms with Crippen molar-refractivity contribution in [3.63, 3.8) is 0 Å². The van der Waals surface area contributed by atoms with E-state index in [4.69, 9.17) is 16.2 Å². The van der Waals surface area contributed by atoms with Crippen LogP contribution in [-0.2, 0) is 39.4 Å². The lowest BCUT2D eigenvalue weighted by Crippen LogP contribution is -2.48. The van der Waals surface area contributed by atoms with Gasteiger partial charge in [-0.2, -0.15) is 0 Å². The van der Waals surface area contributed by atoms with E-state index in [0.717, 1.165) is 16.7 Å². The van der Waals surface area contributed by atoms with Crippen LogP contribution >= 0.6 is 0 Å². The number of rotatable bonds is 10. The summed E-state index contributed by atoms with van der Waals surface area (Å²) in [7, 11) is -3.16. The number of fused-ring (bicyclic) bond motifs is 3. The number of hydrogen-bond acceptors (Lipinski definition) is 9. The van der Waals surface area contributed by atoms with E-state index in [1.807, 2.05) is 43.3 Å². The number of nitrogen functional groups attached to an aromatic ring is 2. The minimum atomic E-state index is -3.16. The van der Waals surface area contributed by atoms with Gasteiger partial charge < -0.3 is 46.5 Å². The minimum absolute atomic E-state index is 0.105. The number of anilines is 5. The highest BCUT2D eigenvalue weighted by Crippen LogP contribution is 2.60. The molecule has 3 aliphatic rings. The van der Waals surface area contributed by atoms with Gasteiger partial charge in [-0.25, -0.2) is 0 Å². The molecule has 61 heavy (non-hydrogen) atoms. The van der Waals surface area contributed by atoms with E-state index in [9.17, 15) is 24.3 Å². The van der Waals surface area contributed by atoms with Gasteiger partial charge in [0.15, 0.2) is 13.9 Å². The fraction of sp³-hybridized carbons (Fsp3) is 0.277. The Labute approximate surface area is 355 Å². The first-order valence-electron chi connectivity index (χ1n) is 20.4. The zero-order valence-electron chi connectivity index (χ0n) is 34.3. The van der Waals surface area contributed by atoms with Crippen molar-refractivity contribution in [2.24, 2.45) is 5.92 Å². The fourth-order valence-corrected chi connectivity index (χ4v) is 11.9. The Bertz CT molecular complexity index is 2490. The van der Waals surface area contributed by atoms with Gasteiger partial charge in [-0.3, -0.25) is 19.2 Å². The van der Waals surface area contributed by atoms with Gasteiger partial charge in [0.1, 0.15) is 0 Å². The lowest BCUT2D eigenvalue weighted by molar-refractivity contribution is -0.151. The molecule has 0 aromatic heterocycles. The van der Waals surface area contributed by atoms with Crippen LogP contribution in [0.3, 0.4) is 0 Å². The molecule has 14 heteroatoms. The molecule has 1 spiro atoms. The van der Waals surface area contributed by atoms with E-state index >= 15 is 4.79 Å². The number of aliphatic hydroxyl groups excluding tert-OH is 1. The standard InChI is InChI=1S/C47H50N6O7Si/c1-28-43(61(2,3)59)41(24-42(55)52-26-33-7-5-4-6-32(33)22-38(52)27-54)60-47(28)39-23-37(51-45(57)31-12-16-35(49)17-13-31)20-21-40(39)53(46(47)58)25-29-8-18-36(19-9-29)50-44(56)30-10-14-34(48)15-11-30/h4-21,23,28,38,41,43,54,59H,22,24-27,48-49H2,1-3H3,(H,50,56)(H,51,57)/t28-,38-,41+,43-,47+/m0/s1. The van der Waals surface area contributed by atoms with Crippen LogP contribution in [0.5, 0.6) is 0 Å². The normalized spacial score (nSPS) is 21.9. The Morgan fingerprint density at radius 2 is 1.39 bits per heavy atom. The van der Waals surface area contributed by atoms with Crippen molar-refractivity contribution in [3.8, 4) is 0 Å². The second kappa shape index (κ2) is 16.3. The first-order chi connectivity index (χ1) is 29.2. The maximum atomic E-state index is 15.3. The fourth-order valence-electron chi connectivity index (χ4n) is 9.40. The average Bonchev–Trinajstić information content (AvgIpc) is 3.66. The summed E-state index contributed by atoms with van der Waals surface area (Å²) in [5.74, 6) is -1.83. The van der Waals surface area contributed by atoms with Crippen molar-refractivity contribution in [2.75, 3.05) is 33.6 Å². The first kappa shape index (κ1) is 41.4. The summed E-state index contributed by atoms with van der Waals surface area (Å²) in [6.07, 6.45) is -0.429. The summed E-state index contributed by atoms with van der Waals surface area (Å²) in [4.78, 5) is 71.2. The van der Waals surface area contributed by atoms with Gasteiger partial charge in [-0.1, -0.05) is 43.3 Å². The molecular weight excluding hydrogens is 789 g/mol. The molecule has 5 aromatic carbocycles. The monoisotopic (exact) mass is 838 g/mol. The number of nitrogens with two attached hydrogens (primary N) is 2. The zero-order chi connectivity index (χ0) is 43.2. The second-order valence-electron chi connectivity index (χ2n) is 16.9. The highest BCUT2D eigenvalue weighted by Gasteiger charge is 2.66. The lowest BCUT2D eigenvalue weighted by Gasteiger charge is -2.37. The molecule has 0 bridgehead atoms. The molecule has 13 nitrogen and oxygen atoms in total. The third-order valence-electron chi connectivity index (χ3n) is 12.4. The first-order valence-corrected chi connectivity index (χ1v) is 23.4. The van der Waals surface area contributed by atoms with E-state index < -0.39 is 37.5 Å². The summed E-state index contributed by atoms with van der Waals surface area (Å²) in [6.45, 7) is 5.77. The number of ether oxygens (including phenoxy) is 1. The van der Waals surface area contributed by atoms with Crippen molar-refractivity contribution < 1.29 is 33.8 Å². The molecule has 0 radical (unpaired) electrons. The minimum Gasteiger partial charge on any atom is -0.432 e. The van der Waals surface area contributed by atoms with Gasteiger partial charge in [0.2, 0.25) is 5.91 Å². The average molecular weight is 839 g/mol. The van der Waals surface area contributed by atoms with Crippen molar-refractivity contribution in [1.82, 2.24) is 4.90 Å². The van der Waals surface area contributed by atoms with Crippen molar-refractivity contribution in [2.45, 2.75) is 69.2 Å². The van der Waals surface area contributed by atoms with Crippen LogP contribution in [0.2, 0.25) is 18.6 Å². The van der Waals surface area contributed by atoms with Crippen LogP contribution in [0.25, 0.3) is 0 Å². The summed E-state index contributed by atoms with van der Waals surface area (Å²) in [6, 6.07) is 33.1. The van der Waals surface area contributed by atoms with Gasteiger partial charge >= 0.3 is 0 Å². The number of carbonyl (C=O) groups excluding carboxylic acids is 4. The van der Waals surface area contributed by atoms with Crippen LogP contribution < -0.4 is 27.0 Å². The third-order valence-corrected chi connectivity index (χ3v) is 14.9. The van der Waals surface area contributed by atoms with E-state index in [0.29, 0.717) is 58.1 Å². The Morgan fingerprint density at radius 3 is 1.98 bits per heavy atom. The van der Waals surface area contributed by atoms with Crippen molar-refractivity contribution >= 4 is 60.4 Å². The smallest absolute Gasteiger partial charge is 0.264 e. The largest absolute Gasteiger partial charge is 0.432 e. The van der Waals surface area contributed by atoms with Gasteiger partial charge in [0, 0.05) is 57.4 Å². The predicted octanol–water partition coefficient (Wildman–Crippen LogP) is 6.04. The maximum absolute atomic E-state index is 15.3. The van der Waals surface area contributed by atoms with Crippen molar-refractivity contribution in [1.29, 1.82) is 0 Å². The number of nitrogens with one attached hydrogen (secondary N) is 2. The van der Waals surface area contributed by atoms with E-state index in [-0.39, 0.29) is 43.2 Å². The Hall–Kier alpha value is -6.32. The van der Waals surface area contributed by atoms with Crippen LogP contribution in [0.4, 0.5) is 28.4 Å². The zero-order valence-corrected chi connectivity index (χ0v) is 35.3. The molecule has 0 aliphatic carbocycles. The van der Waals surface area contributed by atoms with Crippen LogP contribution in [0, 0.1) is 5.92 Å². The van der Waals surface area contributed by atoms with E-state index in [1.165, 1.54) is 0 Å². The predicted molar refractivity (Wildman–Crippen MR) is 237 cm³/mol. The van der Waals surface area contributed by atoms with Crippen LogP contribution in [0.15, 0.2) is 115 Å². The number of nitrogens with zero attached hydrogens (tertiary/aromatic N) is 2. The molecule has 1 saturated heterocycles. The summed E-state index contributed by atoms with van der Waals surface area (Å²) in [5, 5.41) is 16.3. The number of aliphatic hydroxyl groups is 1. The van der Waals surface area contributed by atoms with Gasteiger partial charge in [-0.05, 0) is 115 Å². The SMILES string of the molecule is C[C@H]1[C@H]([Si](C)(C)O)[C@@H](CC(=O)N2Cc3ccccc3C[C@H]2CO)O[C@]12C(=O)N(Cc1ccc(NC(=O)c3ccc(N)cc3)cc1)c1ccc(NC(=O)c3ccc(N)cc3)cc12. The lowest BCUT2D eigenvalue weighted by atomic mass is 9.82. The van der Waals surface area contributed by atoms with Crippen LogP contribution in [0.1, 0.15) is 56.3 Å². The summed E-state index contributed by atoms with van der Waals surface area (Å²) >= 11 is 0. The highest BCUT2D eigenvalue weighted by atomic mass is 28.4. The number of amides is 4. The number of carbonyl (C=O) groups is 4. The summed E-state index contributed by atoms with van der Waals surface area (Å²) < 4.78 is 7.03. The van der Waals surface area contributed by atoms with Gasteiger partial charge in [-0.15, -0.1) is 0 Å². The number of hydrogen-bond donors (Lipinski definition) is 6. The Balaban J connectivity index is 1.12. The van der Waals surface area contributed by atoms with Gasteiger partial charge in [0.05, 0.1) is 37.4 Å². The number of benzene rings is 5. The molecule has 3 aliphatic heterocycles. The van der Waals surface area contributed by atoms with Gasteiger partial charge in [0.25, 0.3) is 17.7 Å². The molecule has 8 N–H and O–H groups in total. The molecule has 4 amide bonds. The Kier molecular flexibility index (Phi) is 11.0. The molecule has 8 rings (SSSR count). The molecule has 5 aromatic rings. The second-order valence-corrected chi connectivity index (χ2v) is 20.8. The maximum Gasteiger partial charge on any atom is 0.264 e. The molecule has 0 saturated carbocycles. The third kappa shape index (κ3) is 7.90. The molecule has 5 atom stereocenters. The molecule has 1 fully saturated rings. The Morgan fingerprint density at radius 1 is 0.820 bits per heavy atom.